The number of hydrogen-bond donors (Lipinski definition) is 0. The van der Waals surface area contributed by atoms with E-state index in [-0.39, 0.29) is 12.4 Å². The Balaban J connectivity index is 3.27. The molecule has 0 aliphatic rings. The molecule has 0 rings (SSSR count). The van der Waals surface area contributed by atoms with E-state index < -0.39 is 0 Å². The molecule has 0 aromatic heterocycles. The number of hydrogen-bond acceptors (Lipinski definition) is 2. The van der Waals surface area contributed by atoms with Gasteiger partial charge in [0.2, 0.25) is 0 Å². The first kappa shape index (κ1) is 9.92. The maximum Gasteiger partial charge on any atom is 0.155 e. The molecule has 2 unspecified atom stereocenters. The normalized spacial score (nSPS) is 16.8. The van der Waals surface area contributed by atoms with Crippen LogP contribution in [0, 0.1) is 6.92 Å². The molecule has 0 heterocycles. The van der Waals surface area contributed by atoms with Crippen LogP contribution in [-0.4, -0.2) is 19.0 Å². The van der Waals surface area contributed by atoms with Crippen molar-refractivity contribution in [3.05, 3.63) is 6.92 Å². The number of ether oxygens (including phenoxy) is 2. The van der Waals surface area contributed by atoms with Crippen LogP contribution in [0.15, 0.2) is 0 Å². The molecule has 0 spiro atoms. The van der Waals surface area contributed by atoms with E-state index in [1.807, 2.05) is 13.8 Å². The largest absolute Gasteiger partial charge is 0.353 e. The molecular formula is C8H17O2. The minimum absolute atomic E-state index is 0.118. The van der Waals surface area contributed by atoms with Crippen LogP contribution < -0.4 is 0 Å². The van der Waals surface area contributed by atoms with Crippen LogP contribution in [0.5, 0.6) is 0 Å². The van der Waals surface area contributed by atoms with Crippen LogP contribution in [0.3, 0.4) is 0 Å². The smallest absolute Gasteiger partial charge is 0.155 e. The Hall–Kier alpha value is -0.0800. The van der Waals surface area contributed by atoms with E-state index in [0.717, 1.165) is 6.42 Å². The lowest BCUT2D eigenvalue weighted by molar-refractivity contribution is -0.149. The zero-order valence-corrected chi connectivity index (χ0v) is 7.09. The van der Waals surface area contributed by atoms with Gasteiger partial charge in [-0.1, -0.05) is 6.92 Å². The lowest BCUT2D eigenvalue weighted by Crippen LogP contribution is -2.19. The van der Waals surface area contributed by atoms with Crippen molar-refractivity contribution >= 4 is 0 Å². The standard InChI is InChI=1S/C8H17O2/c1-5-7(3)10-8(4)9-6-2/h7-8H,2,5-6H2,1,3-4H3. The third-order valence-electron chi connectivity index (χ3n) is 1.35. The molecule has 2 heteroatoms. The van der Waals surface area contributed by atoms with Crippen LogP contribution in [0.4, 0.5) is 0 Å². The van der Waals surface area contributed by atoms with Gasteiger partial charge in [-0.05, 0) is 27.2 Å². The summed E-state index contributed by atoms with van der Waals surface area (Å²) in [4.78, 5) is 0. The van der Waals surface area contributed by atoms with Crippen molar-refractivity contribution in [1.29, 1.82) is 0 Å². The monoisotopic (exact) mass is 145 g/mol. The molecule has 0 amide bonds. The van der Waals surface area contributed by atoms with Gasteiger partial charge >= 0.3 is 0 Å². The summed E-state index contributed by atoms with van der Waals surface area (Å²) in [6, 6.07) is 0. The first-order chi connectivity index (χ1) is 4.70. The fraction of sp³-hybridized carbons (Fsp3) is 0.875. The number of rotatable bonds is 5. The third kappa shape index (κ3) is 4.77. The van der Waals surface area contributed by atoms with Crippen molar-refractivity contribution in [2.24, 2.45) is 0 Å². The molecule has 0 aromatic rings. The molecule has 2 nitrogen and oxygen atoms in total. The zero-order chi connectivity index (χ0) is 7.98. The Kier molecular flexibility index (Phi) is 5.64. The third-order valence-corrected chi connectivity index (χ3v) is 1.35. The van der Waals surface area contributed by atoms with Crippen molar-refractivity contribution in [2.75, 3.05) is 6.61 Å². The maximum absolute atomic E-state index is 5.38. The van der Waals surface area contributed by atoms with Crippen molar-refractivity contribution in [1.82, 2.24) is 0 Å². The summed E-state index contributed by atoms with van der Waals surface area (Å²) in [6.45, 7) is 10.0. The zero-order valence-electron chi connectivity index (χ0n) is 7.09. The van der Waals surface area contributed by atoms with Gasteiger partial charge in [-0.25, -0.2) is 0 Å². The van der Waals surface area contributed by atoms with Crippen molar-refractivity contribution in [3.8, 4) is 0 Å². The SMILES string of the molecule is [CH2]COC(C)OC(C)CC. The van der Waals surface area contributed by atoms with Crippen LogP contribution in [0.25, 0.3) is 0 Å². The summed E-state index contributed by atoms with van der Waals surface area (Å²) in [5, 5.41) is 0. The van der Waals surface area contributed by atoms with E-state index in [1.165, 1.54) is 0 Å². The van der Waals surface area contributed by atoms with Crippen LogP contribution >= 0.6 is 0 Å². The minimum Gasteiger partial charge on any atom is -0.353 e. The second kappa shape index (κ2) is 5.69. The Bertz CT molecular complexity index is 73.7. The fourth-order valence-electron chi connectivity index (χ4n) is 0.629. The highest BCUT2D eigenvalue weighted by atomic mass is 16.7. The van der Waals surface area contributed by atoms with Crippen LogP contribution in [0.2, 0.25) is 0 Å². The van der Waals surface area contributed by atoms with Gasteiger partial charge < -0.3 is 9.47 Å². The van der Waals surface area contributed by atoms with Gasteiger partial charge in [0.1, 0.15) is 0 Å². The highest BCUT2D eigenvalue weighted by molar-refractivity contribution is 4.45. The molecule has 0 saturated carbocycles. The first-order valence-electron chi connectivity index (χ1n) is 3.77. The maximum atomic E-state index is 5.38. The summed E-state index contributed by atoms with van der Waals surface area (Å²) in [5.74, 6) is 0. The van der Waals surface area contributed by atoms with E-state index in [0.29, 0.717) is 6.61 Å². The van der Waals surface area contributed by atoms with Gasteiger partial charge in [0.05, 0.1) is 6.10 Å². The van der Waals surface area contributed by atoms with Crippen LogP contribution in [0.1, 0.15) is 27.2 Å². The summed E-state index contributed by atoms with van der Waals surface area (Å²) in [7, 11) is 0. The molecule has 0 saturated heterocycles. The Morgan fingerprint density at radius 1 is 1.40 bits per heavy atom. The second-order valence-electron chi connectivity index (χ2n) is 2.29. The average Bonchev–Trinajstić information content (AvgIpc) is 1.88. The van der Waals surface area contributed by atoms with Crippen molar-refractivity contribution in [3.63, 3.8) is 0 Å². The Morgan fingerprint density at radius 2 is 2.00 bits per heavy atom. The summed E-state index contributed by atoms with van der Waals surface area (Å²) < 4.78 is 10.5. The quantitative estimate of drug-likeness (QED) is 0.551. The van der Waals surface area contributed by atoms with Crippen molar-refractivity contribution in [2.45, 2.75) is 39.6 Å². The summed E-state index contributed by atoms with van der Waals surface area (Å²) in [6.07, 6.45) is 1.18. The average molecular weight is 145 g/mol. The molecule has 0 aliphatic heterocycles. The predicted octanol–water partition coefficient (Wildman–Crippen LogP) is 2.00. The van der Waals surface area contributed by atoms with Gasteiger partial charge in [-0.2, -0.15) is 0 Å². The van der Waals surface area contributed by atoms with Gasteiger partial charge in [0.15, 0.2) is 6.29 Å². The van der Waals surface area contributed by atoms with E-state index >= 15 is 0 Å². The highest BCUT2D eigenvalue weighted by Gasteiger charge is 2.04. The van der Waals surface area contributed by atoms with Crippen molar-refractivity contribution < 1.29 is 9.47 Å². The molecule has 0 bridgehead atoms. The van der Waals surface area contributed by atoms with Gasteiger partial charge in [-0.3, -0.25) is 0 Å². The molecule has 0 aliphatic carbocycles. The molecule has 0 fully saturated rings. The topological polar surface area (TPSA) is 18.5 Å². The van der Waals surface area contributed by atoms with Gasteiger partial charge in [0.25, 0.3) is 0 Å². The summed E-state index contributed by atoms with van der Waals surface area (Å²) in [5.41, 5.74) is 0. The molecular weight excluding hydrogens is 128 g/mol. The first-order valence-corrected chi connectivity index (χ1v) is 3.77. The summed E-state index contributed by atoms with van der Waals surface area (Å²) >= 11 is 0. The van der Waals surface area contributed by atoms with E-state index in [9.17, 15) is 0 Å². The van der Waals surface area contributed by atoms with E-state index in [4.69, 9.17) is 9.47 Å². The highest BCUT2D eigenvalue weighted by Crippen LogP contribution is 2.01. The Morgan fingerprint density at radius 3 is 2.40 bits per heavy atom. The van der Waals surface area contributed by atoms with E-state index in [1.54, 1.807) is 0 Å². The molecule has 61 valence electrons. The molecule has 0 aromatic carbocycles. The lowest BCUT2D eigenvalue weighted by Gasteiger charge is -2.17. The van der Waals surface area contributed by atoms with Crippen LogP contribution in [-0.2, 0) is 9.47 Å². The second-order valence-corrected chi connectivity index (χ2v) is 2.29. The minimum atomic E-state index is -0.118. The fourth-order valence-corrected chi connectivity index (χ4v) is 0.629. The molecule has 1 radical (unpaired) electrons. The van der Waals surface area contributed by atoms with Gasteiger partial charge in [-0.15, -0.1) is 0 Å². The Labute approximate surface area is 63.5 Å². The molecule has 10 heavy (non-hydrogen) atoms. The van der Waals surface area contributed by atoms with Gasteiger partial charge in [0, 0.05) is 6.61 Å². The predicted molar refractivity (Wildman–Crippen MR) is 41.6 cm³/mol. The lowest BCUT2D eigenvalue weighted by atomic mass is 10.3. The molecule has 0 N–H and O–H groups in total. The van der Waals surface area contributed by atoms with E-state index in [2.05, 4.69) is 13.8 Å². The molecule has 2 atom stereocenters.